The number of benzene rings is 2. The Bertz CT molecular complexity index is 810. The smallest absolute Gasteiger partial charge is 0.209 e. The fraction of sp³-hybridized carbons (Fsp3) is 0.304. The third kappa shape index (κ3) is 4.29. The SMILES string of the molecule is Cc1ccc(C(=O)/C=C(/C(=O)c2ccc(C)cc2)N2CCCCC2)cc1. The number of piperidine rings is 1. The summed E-state index contributed by atoms with van der Waals surface area (Å²) >= 11 is 0. The van der Waals surface area contributed by atoms with Crippen LogP contribution < -0.4 is 0 Å². The molecule has 1 aliphatic rings. The standard InChI is InChI=1S/C23H25NO2/c1-17-6-10-19(11-7-17)22(25)16-21(24-14-4-3-5-15-24)23(26)20-12-8-18(2)9-13-20/h6-13,16H,3-5,14-15H2,1-2H3/b21-16-. The van der Waals surface area contributed by atoms with Gasteiger partial charge in [-0.05, 0) is 33.1 Å². The molecule has 3 nitrogen and oxygen atoms in total. The number of ketones is 2. The summed E-state index contributed by atoms with van der Waals surface area (Å²) in [6.45, 7) is 5.63. The van der Waals surface area contributed by atoms with Gasteiger partial charge >= 0.3 is 0 Å². The predicted molar refractivity (Wildman–Crippen MR) is 105 cm³/mol. The maximum atomic E-state index is 13.1. The molecule has 1 saturated heterocycles. The summed E-state index contributed by atoms with van der Waals surface area (Å²) in [6.07, 6.45) is 4.81. The Balaban J connectivity index is 1.94. The molecule has 0 saturated carbocycles. The fourth-order valence-corrected chi connectivity index (χ4v) is 3.21. The lowest BCUT2D eigenvalue weighted by Crippen LogP contribution is -2.33. The first-order valence-corrected chi connectivity index (χ1v) is 9.23. The van der Waals surface area contributed by atoms with Crippen LogP contribution in [0.2, 0.25) is 0 Å². The second-order valence-corrected chi connectivity index (χ2v) is 7.00. The number of carbonyl (C=O) groups excluding carboxylic acids is 2. The van der Waals surface area contributed by atoms with Crippen LogP contribution in [0.5, 0.6) is 0 Å². The molecule has 1 heterocycles. The van der Waals surface area contributed by atoms with Gasteiger partial charge in [-0.1, -0.05) is 59.7 Å². The van der Waals surface area contributed by atoms with Crippen molar-refractivity contribution >= 4 is 11.6 Å². The third-order valence-electron chi connectivity index (χ3n) is 4.85. The van der Waals surface area contributed by atoms with Crippen molar-refractivity contribution in [3.63, 3.8) is 0 Å². The largest absolute Gasteiger partial charge is 0.368 e. The first-order valence-electron chi connectivity index (χ1n) is 9.23. The zero-order valence-corrected chi connectivity index (χ0v) is 15.5. The number of nitrogens with zero attached hydrogens (tertiary/aromatic N) is 1. The summed E-state index contributed by atoms with van der Waals surface area (Å²) in [5.41, 5.74) is 3.98. The van der Waals surface area contributed by atoms with E-state index in [0.29, 0.717) is 16.8 Å². The second-order valence-electron chi connectivity index (χ2n) is 7.00. The molecule has 2 aromatic carbocycles. The van der Waals surface area contributed by atoms with Crippen molar-refractivity contribution in [2.24, 2.45) is 0 Å². The molecule has 1 aliphatic heterocycles. The van der Waals surface area contributed by atoms with Gasteiger partial charge in [0.25, 0.3) is 0 Å². The number of likely N-dealkylation sites (tertiary alicyclic amines) is 1. The quantitative estimate of drug-likeness (QED) is 0.579. The maximum Gasteiger partial charge on any atom is 0.209 e. The Morgan fingerprint density at radius 1 is 0.769 bits per heavy atom. The van der Waals surface area contributed by atoms with E-state index in [-0.39, 0.29) is 11.6 Å². The van der Waals surface area contributed by atoms with Gasteiger partial charge in [0.2, 0.25) is 5.78 Å². The van der Waals surface area contributed by atoms with E-state index in [1.165, 1.54) is 12.5 Å². The van der Waals surface area contributed by atoms with Crippen LogP contribution in [-0.4, -0.2) is 29.6 Å². The molecule has 3 heteroatoms. The van der Waals surface area contributed by atoms with Crippen LogP contribution >= 0.6 is 0 Å². The first kappa shape index (κ1) is 18.1. The Kier molecular flexibility index (Phi) is 5.67. The van der Waals surface area contributed by atoms with Crippen molar-refractivity contribution in [3.8, 4) is 0 Å². The number of rotatable bonds is 5. The van der Waals surface area contributed by atoms with Gasteiger partial charge < -0.3 is 4.90 Å². The second kappa shape index (κ2) is 8.13. The van der Waals surface area contributed by atoms with E-state index in [9.17, 15) is 9.59 Å². The van der Waals surface area contributed by atoms with Crippen molar-refractivity contribution in [1.29, 1.82) is 0 Å². The Hall–Kier alpha value is -2.68. The summed E-state index contributed by atoms with van der Waals surface area (Å²) in [6, 6.07) is 15.0. The average molecular weight is 347 g/mol. The summed E-state index contributed by atoms with van der Waals surface area (Å²) in [5.74, 6) is -0.196. The van der Waals surface area contributed by atoms with Gasteiger partial charge in [0, 0.05) is 30.3 Å². The predicted octanol–water partition coefficient (Wildman–Crippen LogP) is 4.74. The molecule has 0 spiro atoms. The van der Waals surface area contributed by atoms with E-state index in [1.54, 1.807) is 0 Å². The van der Waals surface area contributed by atoms with Crippen molar-refractivity contribution < 1.29 is 9.59 Å². The van der Waals surface area contributed by atoms with Gasteiger partial charge in [0.05, 0.1) is 5.70 Å². The minimum atomic E-state index is -0.119. The molecule has 26 heavy (non-hydrogen) atoms. The van der Waals surface area contributed by atoms with E-state index in [1.807, 2.05) is 62.4 Å². The highest BCUT2D eigenvalue weighted by Crippen LogP contribution is 2.20. The summed E-state index contributed by atoms with van der Waals surface area (Å²) in [5, 5.41) is 0. The summed E-state index contributed by atoms with van der Waals surface area (Å²) < 4.78 is 0. The van der Waals surface area contributed by atoms with Gasteiger partial charge in [-0.2, -0.15) is 0 Å². The van der Waals surface area contributed by atoms with Gasteiger partial charge in [-0.25, -0.2) is 0 Å². The summed E-state index contributed by atoms with van der Waals surface area (Å²) in [4.78, 5) is 27.9. The molecule has 1 fully saturated rings. The van der Waals surface area contributed by atoms with Gasteiger partial charge in [0.15, 0.2) is 5.78 Å². The van der Waals surface area contributed by atoms with Gasteiger partial charge in [0.1, 0.15) is 0 Å². The van der Waals surface area contributed by atoms with Crippen LogP contribution in [0.3, 0.4) is 0 Å². The molecule has 0 unspecified atom stereocenters. The zero-order chi connectivity index (χ0) is 18.5. The molecule has 2 aromatic rings. The van der Waals surface area contributed by atoms with Crippen LogP contribution in [-0.2, 0) is 0 Å². The molecular weight excluding hydrogens is 322 g/mol. The fourth-order valence-electron chi connectivity index (χ4n) is 3.21. The normalized spacial score (nSPS) is 15.0. The molecule has 3 rings (SSSR count). The monoisotopic (exact) mass is 347 g/mol. The highest BCUT2D eigenvalue weighted by molar-refractivity contribution is 6.14. The Morgan fingerprint density at radius 2 is 1.27 bits per heavy atom. The molecular formula is C23H25NO2. The van der Waals surface area contributed by atoms with Gasteiger partial charge in [-0.3, -0.25) is 9.59 Å². The molecule has 0 radical (unpaired) electrons. The van der Waals surface area contributed by atoms with E-state index >= 15 is 0 Å². The average Bonchev–Trinajstić information content (AvgIpc) is 2.67. The Morgan fingerprint density at radius 3 is 1.81 bits per heavy atom. The van der Waals surface area contributed by atoms with Crippen LogP contribution in [0.15, 0.2) is 60.3 Å². The van der Waals surface area contributed by atoms with Crippen molar-refractivity contribution in [1.82, 2.24) is 4.90 Å². The van der Waals surface area contributed by atoms with Crippen LogP contribution in [0.4, 0.5) is 0 Å². The van der Waals surface area contributed by atoms with Crippen LogP contribution in [0, 0.1) is 13.8 Å². The topological polar surface area (TPSA) is 37.4 Å². The molecule has 134 valence electrons. The molecule has 0 amide bonds. The third-order valence-corrected chi connectivity index (χ3v) is 4.85. The minimum Gasteiger partial charge on any atom is -0.368 e. The minimum absolute atomic E-state index is 0.0765. The molecule has 0 bridgehead atoms. The number of carbonyl (C=O) groups is 2. The number of hydrogen-bond acceptors (Lipinski definition) is 3. The lowest BCUT2D eigenvalue weighted by molar-refractivity contribution is 0.0965. The molecule has 0 atom stereocenters. The molecule has 0 aromatic heterocycles. The highest BCUT2D eigenvalue weighted by atomic mass is 16.1. The molecule has 0 aliphatic carbocycles. The van der Waals surface area contributed by atoms with Crippen molar-refractivity contribution in [2.45, 2.75) is 33.1 Å². The van der Waals surface area contributed by atoms with E-state index in [4.69, 9.17) is 0 Å². The van der Waals surface area contributed by atoms with Crippen LogP contribution in [0.1, 0.15) is 51.1 Å². The number of Topliss-reactive ketones (excluding diaryl/α,β-unsaturated/α-hetero) is 1. The maximum absolute atomic E-state index is 13.1. The van der Waals surface area contributed by atoms with Crippen LogP contribution in [0.25, 0.3) is 0 Å². The highest BCUT2D eigenvalue weighted by Gasteiger charge is 2.22. The van der Waals surface area contributed by atoms with E-state index < -0.39 is 0 Å². The van der Waals surface area contributed by atoms with Gasteiger partial charge in [-0.15, -0.1) is 0 Å². The number of hydrogen-bond donors (Lipinski definition) is 0. The zero-order valence-electron chi connectivity index (χ0n) is 15.5. The molecule has 0 N–H and O–H groups in total. The lowest BCUT2D eigenvalue weighted by Gasteiger charge is -2.30. The number of aryl methyl sites for hydroxylation is 2. The summed E-state index contributed by atoms with van der Waals surface area (Å²) in [7, 11) is 0. The van der Waals surface area contributed by atoms with Crippen molar-refractivity contribution in [3.05, 3.63) is 82.6 Å². The number of allylic oxidation sites excluding steroid dienone is 2. The lowest BCUT2D eigenvalue weighted by atomic mass is 10.0. The Labute approximate surface area is 155 Å². The van der Waals surface area contributed by atoms with Crippen molar-refractivity contribution in [2.75, 3.05) is 13.1 Å². The van der Waals surface area contributed by atoms with E-state index in [2.05, 4.69) is 4.90 Å². The first-order chi connectivity index (χ1) is 12.5. The van der Waals surface area contributed by atoms with E-state index in [0.717, 1.165) is 37.1 Å².